The van der Waals surface area contributed by atoms with Crippen LogP contribution in [0.25, 0.3) is 0 Å². The second kappa shape index (κ2) is 7.31. The number of ether oxygens (including phenoxy) is 2. The molecule has 2 rings (SSSR count). The highest BCUT2D eigenvalue weighted by Gasteiger charge is 2.28. The molecule has 1 aromatic carbocycles. The Labute approximate surface area is 126 Å². The van der Waals surface area contributed by atoms with Crippen LogP contribution in [0.15, 0.2) is 18.2 Å². The first-order chi connectivity index (χ1) is 10.2. The molecule has 1 aliphatic rings. The Morgan fingerprint density at radius 1 is 1.29 bits per heavy atom. The molecule has 0 bridgehead atoms. The standard InChI is InChI=1S/C16H24N2O3/c1-20-13-7-8-15(21-2)14(11-13)16(19)18(10-9-17)12-5-3-4-6-12/h7-8,11-12H,3-6,9-10,17H2,1-2H3. The van der Waals surface area contributed by atoms with Gasteiger partial charge < -0.3 is 20.1 Å². The minimum absolute atomic E-state index is 0.0249. The Hall–Kier alpha value is -1.75. The van der Waals surface area contributed by atoms with Crippen LogP contribution in [0.2, 0.25) is 0 Å². The average molecular weight is 292 g/mol. The summed E-state index contributed by atoms with van der Waals surface area (Å²) >= 11 is 0. The first-order valence-electron chi connectivity index (χ1n) is 7.44. The van der Waals surface area contributed by atoms with Crippen molar-refractivity contribution in [1.29, 1.82) is 0 Å². The number of hydrogen-bond acceptors (Lipinski definition) is 4. The number of amides is 1. The third-order valence-electron chi connectivity index (χ3n) is 4.03. The fraction of sp³-hybridized carbons (Fsp3) is 0.562. The highest BCUT2D eigenvalue weighted by Crippen LogP contribution is 2.29. The van der Waals surface area contributed by atoms with Crippen LogP contribution in [0.3, 0.4) is 0 Å². The lowest BCUT2D eigenvalue weighted by Crippen LogP contribution is -2.42. The van der Waals surface area contributed by atoms with Crippen LogP contribution in [0.5, 0.6) is 11.5 Å². The highest BCUT2D eigenvalue weighted by atomic mass is 16.5. The summed E-state index contributed by atoms with van der Waals surface area (Å²) in [5.41, 5.74) is 6.23. The van der Waals surface area contributed by atoms with Gasteiger partial charge in [-0.2, -0.15) is 0 Å². The predicted molar refractivity (Wildman–Crippen MR) is 81.9 cm³/mol. The van der Waals surface area contributed by atoms with Crippen LogP contribution in [0.4, 0.5) is 0 Å². The Balaban J connectivity index is 2.30. The summed E-state index contributed by atoms with van der Waals surface area (Å²) in [6, 6.07) is 5.58. The third-order valence-corrected chi connectivity index (χ3v) is 4.03. The minimum atomic E-state index is -0.0249. The number of hydrogen-bond donors (Lipinski definition) is 1. The Morgan fingerprint density at radius 2 is 2.00 bits per heavy atom. The fourth-order valence-corrected chi connectivity index (χ4v) is 2.94. The van der Waals surface area contributed by atoms with Crippen molar-refractivity contribution in [3.8, 4) is 11.5 Å². The molecular formula is C16H24N2O3. The van der Waals surface area contributed by atoms with Crippen LogP contribution in [-0.4, -0.2) is 44.2 Å². The molecule has 0 aliphatic heterocycles. The molecule has 0 heterocycles. The summed E-state index contributed by atoms with van der Waals surface area (Å²) in [7, 11) is 3.16. The van der Waals surface area contributed by atoms with Gasteiger partial charge in [-0.1, -0.05) is 12.8 Å². The lowest BCUT2D eigenvalue weighted by atomic mass is 10.1. The van der Waals surface area contributed by atoms with Gasteiger partial charge in [0.05, 0.1) is 19.8 Å². The van der Waals surface area contributed by atoms with Gasteiger partial charge in [0.2, 0.25) is 0 Å². The molecule has 0 spiro atoms. The maximum absolute atomic E-state index is 12.9. The molecule has 0 aromatic heterocycles. The van der Waals surface area contributed by atoms with Gasteiger partial charge >= 0.3 is 0 Å². The minimum Gasteiger partial charge on any atom is -0.497 e. The van der Waals surface area contributed by atoms with Gasteiger partial charge in [-0.05, 0) is 31.0 Å². The Bertz CT molecular complexity index is 484. The van der Waals surface area contributed by atoms with Crippen molar-refractivity contribution in [2.75, 3.05) is 27.3 Å². The summed E-state index contributed by atoms with van der Waals surface area (Å²) in [6.07, 6.45) is 4.46. The highest BCUT2D eigenvalue weighted by molar-refractivity contribution is 5.97. The molecule has 0 atom stereocenters. The number of methoxy groups -OCH3 is 2. The lowest BCUT2D eigenvalue weighted by molar-refractivity contribution is 0.0684. The maximum Gasteiger partial charge on any atom is 0.258 e. The number of rotatable bonds is 6. The number of nitrogens with two attached hydrogens (primary N) is 1. The quantitative estimate of drug-likeness (QED) is 0.871. The second-order valence-electron chi connectivity index (χ2n) is 5.29. The number of nitrogens with zero attached hydrogens (tertiary/aromatic N) is 1. The first-order valence-corrected chi connectivity index (χ1v) is 7.44. The summed E-state index contributed by atoms with van der Waals surface area (Å²) in [5.74, 6) is 1.20. The van der Waals surface area contributed by atoms with E-state index >= 15 is 0 Å². The van der Waals surface area contributed by atoms with E-state index in [4.69, 9.17) is 15.2 Å². The Kier molecular flexibility index (Phi) is 5.44. The van der Waals surface area contributed by atoms with Crippen molar-refractivity contribution < 1.29 is 14.3 Å². The van der Waals surface area contributed by atoms with Gasteiger partial charge in [-0.15, -0.1) is 0 Å². The van der Waals surface area contributed by atoms with E-state index in [1.165, 1.54) is 12.8 Å². The van der Waals surface area contributed by atoms with Gasteiger partial charge in [0.15, 0.2) is 0 Å². The molecule has 21 heavy (non-hydrogen) atoms. The SMILES string of the molecule is COc1ccc(OC)c(C(=O)N(CCN)C2CCCC2)c1. The first kappa shape index (κ1) is 15.6. The van der Waals surface area contributed by atoms with Crippen LogP contribution in [-0.2, 0) is 0 Å². The van der Waals surface area contributed by atoms with E-state index in [0.29, 0.717) is 30.2 Å². The molecule has 1 saturated carbocycles. The van der Waals surface area contributed by atoms with Gasteiger partial charge in [0, 0.05) is 19.1 Å². The van der Waals surface area contributed by atoms with Gasteiger partial charge in [0.1, 0.15) is 11.5 Å². The number of carbonyl (C=O) groups is 1. The summed E-state index contributed by atoms with van der Waals surface area (Å²) in [4.78, 5) is 14.8. The van der Waals surface area contributed by atoms with E-state index in [-0.39, 0.29) is 11.9 Å². The van der Waals surface area contributed by atoms with Crippen LogP contribution < -0.4 is 15.2 Å². The zero-order valence-corrected chi connectivity index (χ0v) is 12.8. The van der Waals surface area contributed by atoms with E-state index in [0.717, 1.165) is 12.8 Å². The number of carbonyl (C=O) groups excluding carboxylic acids is 1. The van der Waals surface area contributed by atoms with Gasteiger partial charge in [0.25, 0.3) is 5.91 Å². The largest absolute Gasteiger partial charge is 0.497 e. The molecule has 5 nitrogen and oxygen atoms in total. The smallest absolute Gasteiger partial charge is 0.258 e. The summed E-state index contributed by atoms with van der Waals surface area (Å²) < 4.78 is 10.5. The van der Waals surface area contributed by atoms with E-state index in [1.807, 2.05) is 4.90 Å². The van der Waals surface area contributed by atoms with Gasteiger partial charge in [-0.25, -0.2) is 0 Å². The monoisotopic (exact) mass is 292 g/mol. The molecule has 116 valence electrons. The molecule has 1 aromatic rings. The predicted octanol–water partition coefficient (Wildman–Crippen LogP) is 2.05. The molecule has 0 radical (unpaired) electrons. The molecule has 5 heteroatoms. The zero-order chi connectivity index (χ0) is 15.2. The number of benzene rings is 1. The van der Waals surface area contributed by atoms with Crippen molar-refractivity contribution in [3.63, 3.8) is 0 Å². The average Bonchev–Trinajstić information content (AvgIpc) is 3.05. The molecule has 1 amide bonds. The molecular weight excluding hydrogens is 268 g/mol. The summed E-state index contributed by atoms with van der Waals surface area (Å²) in [5, 5.41) is 0. The van der Waals surface area contributed by atoms with E-state index in [9.17, 15) is 4.79 Å². The lowest BCUT2D eigenvalue weighted by Gasteiger charge is -2.29. The summed E-state index contributed by atoms with van der Waals surface area (Å²) in [6.45, 7) is 1.04. The second-order valence-corrected chi connectivity index (χ2v) is 5.29. The van der Waals surface area contributed by atoms with Crippen molar-refractivity contribution in [3.05, 3.63) is 23.8 Å². The van der Waals surface area contributed by atoms with E-state index in [2.05, 4.69) is 0 Å². The van der Waals surface area contributed by atoms with Crippen LogP contribution in [0.1, 0.15) is 36.0 Å². The van der Waals surface area contributed by atoms with E-state index < -0.39 is 0 Å². The van der Waals surface area contributed by atoms with Crippen LogP contribution in [0, 0.1) is 0 Å². The molecule has 0 unspecified atom stereocenters. The maximum atomic E-state index is 12.9. The molecule has 1 aliphatic carbocycles. The van der Waals surface area contributed by atoms with Crippen molar-refractivity contribution >= 4 is 5.91 Å². The normalized spacial score (nSPS) is 15.0. The van der Waals surface area contributed by atoms with Crippen LogP contribution >= 0.6 is 0 Å². The zero-order valence-electron chi connectivity index (χ0n) is 12.8. The molecule has 2 N–H and O–H groups in total. The third kappa shape index (κ3) is 3.47. The van der Waals surface area contributed by atoms with Gasteiger partial charge in [-0.3, -0.25) is 4.79 Å². The Morgan fingerprint density at radius 3 is 2.57 bits per heavy atom. The van der Waals surface area contributed by atoms with E-state index in [1.54, 1.807) is 32.4 Å². The van der Waals surface area contributed by atoms with Crippen molar-refractivity contribution in [1.82, 2.24) is 4.90 Å². The van der Waals surface area contributed by atoms with Crippen molar-refractivity contribution in [2.45, 2.75) is 31.7 Å². The molecule has 1 fully saturated rings. The topological polar surface area (TPSA) is 64.8 Å². The fourth-order valence-electron chi connectivity index (χ4n) is 2.94. The molecule has 0 saturated heterocycles. The van der Waals surface area contributed by atoms with Crippen molar-refractivity contribution in [2.24, 2.45) is 5.73 Å².